The molecule has 0 aromatic carbocycles. The van der Waals surface area contributed by atoms with E-state index in [9.17, 15) is 0 Å². The van der Waals surface area contributed by atoms with Gasteiger partial charge >= 0.3 is 0 Å². The molecule has 3 atom stereocenters. The Kier molecular flexibility index (Phi) is 7.98. The maximum Gasteiger partial charge on any atom is 0.0667 e. The first-order chi connectivity index (χ1) is 7.43. The Bertz CT molecular complexity index is 173. The Morgan fingerprint density at radius 1 is 1.31 bits per heavy atom. The van der Waals surface area contributed by atoms with Crippen LogP contribution >= 0.6 is 0 Å². The Labute approximate surface area is 101 Å². The molecule has 0 radical (unpaired) electrons. The summed E-state index contributed by atoms with van der Waals surface area (Å²) in [5.74, 6) is 0. The summed E-state index contributed by atoms with van der Waals surface area (Å²) in [6.07, 6.45) is 3.09. The molecule has 0 saturated heterocycles. The van der Waals surface area contributed by atoms with E-state index in [4.69, 9.17) is 10.5 Å². The van der Waals surface area contributed by atoms with Gasteiger partial charge in [0, 0.05) is 12.1 Å². The molecule has 2 unspecified atom stereocenters. The van der Waals surface area contributed by atoms with Gasteiger partial charge in [-0.1, -0.05) is 13.8 Å². The predicted molar refractivity (Wildman–Crippen MR) is 70.7 cm³/mol. The summed E-state index contributed by atoms with van der Waals surface area (Å²) in [6.45, 7) is 12.5. The van der Waals surface area contributed by atoms with Gasteiger partial charge in [-0.3, -0.25) is 0 Å². The molecule has 0 bridgehead atoms. The molecule has 3 N–H and O–H groups in total. The minimum atomic E-state index is -0.0731. The Hall–Kier alpha value is -0.120. The van der Waals surface area contributed by atoms with E-state index in [2.05, 4.69) is 33.0 Å². The monoisotopic (exact) mass is 230 g/mol. The highest BCUT2D eigenvalue weighted by atomic mass is 16.5. The molecule has 0 aliphatic heterocycles. The van der Waals surface area contributed by atoms with Gasteiger partial charge in [0.25, 0.3) is 0 Å². The molecule has 0 aliphatic rings. The van der Waals surface area contributed by atoms with E-state index < -0.39 is 0 Å². The third-order valence-corrected chi connectivity index (χ3v) is 2.93. The Balaban J connectivity index is 3.93. The molecule has 0 fully saturated rings. The van der Waals surface area contributed by atoms with Gasteiger partial charge < -0.3 is 15.8 Å². The second-order valence-corrected chi connectivity index (χ2v) is 5.15. The van der Waals surface area contributed by atoms with Crippen LogP contribution in [0.2, 0.25) is 0 Å². The smallest absolute Gasteiger partial charge is 0.0667 e. The third-order valence-electron chi connectivity index (χ3n) is 2.93. The molecule has 0 spiro atoms. The lowest BCUT2D eigenvalue weighted by atomic mass is 9.95. The number of rotatable bonds is 9. The summed E-state index contributed by atoms with van der Waals surface area (Å²) in [5, 5.41) is 3.43. The molecule has 0 saturated carbocycles. The lowest BCUT2D eigenvalue weighted by Gasteiger charge is -2.32. The zero-order valence-electron chi connectivity index (χ0n) is 11.7. The zero-order chi connectivity index (χ0) is 12.6. The average Bonchev–Trinajstić information content (AvgIpc) is 2.22. The first-order valence-electron chi connectivity index (χ1n) is 6.56. The summed E-state index contributed by atoms with van der Waals surface area (Å²) in [7, 11) is 0. The van der Waals surface area contributed by atoms with Crippen LogP contribution in [0.25, 0.3) is 0 Å². The first-order valence-corrected chi connectivity index (χ1v) is 6.56. The van der Waals surface area contributed by atoms with Crippen LogP contribution in [0.1, 0.15) is 53.9 Å². The fourth-order valence-electron chi connectivity index (χ4n) is 1.76. The van der Waals surface area contributed by atoms with Crippen LogP contribution in [0.3, 0.4) is 0 Å². The molecular weight excluding hydrogens is 200 g/mol. The van der Waals surface area contributed by atoms with Crippen molar-refractivity contribution in [1.82, 2.24) is 5.32 Å². The highest BCUT2D eigenvalue weighted by Gasteiger charge is 2.24. The van der Waals surface area contributed by atoms with Crippen LogP contribution in [0.5, 0.6) is 0 Å². The molecule has 16 heavy (non-hydrogen) atoms. The molecule has 0 aromatic rings. The highest BCUT2D eigenvalue weighted by Crippen LogP contribution is 2.21. The van der Waals surface area contributed by atoms with Crippen molar-refractivity contribution in [2.24, 2.45) is 5.73 Å². The summed E-state index contributed by atoms with van der Waals surface area (Å²) in [6, 6.07) is 0.614. The van der Waals surface area contributed by atoms with E-state index in [1.54, 1.807) is 0 Å². The normalized spacial score (nSPS) is 19.1. The molecule has 3 nitrogen and oxygen atoms in total. The largest absolute Gasteiger partial charge is 0.374 e. The quantitative estimate of drug-likeness (QED) is 0.639. The van der Waals surface area contributed by atoms with Crippen molar-refractivity contribution in [3.63, 3.8) is 0 Å². The van der Waals surface area contributed by atoms with Gasteiger partial charge in [-0.05, 0) is 46.6 Å². The Morgan fingerprint density at radius 3 is 2.38 bits per heavy atom. The summed E-state index contributed by atoms with van der Waals surface area (Å²) in [5.41, 5.74) is 5.77. The van der Waals surface area contributed by atoms with Crippen LogP contribution in [-0.2, 0) is 4.74 Å². The topological polar surface area (TPSA) is 47.3 Å². The molecular formula is C13H30N2O. The second kappa shape index (κ2) is 8.04. The lowest BCUT2D eigenvalue weighted by Crippen LogP contribution is -2.40. The molecule has 0 heterocycles. The fraction of sp³-hybridized carbons (Fsp3) is 1.00. The summed E-state index contributed by atoms with van der Waals surface area (Å²) >= 11 is 0. The standard InChI is InChI=1S/C13H30N2O/c1-6-8-15-12(4)10-16-13(5,7-2)9-11(3)14/h11-12,15H,6-10,14H2,1-5H3/t11?,12?,13-/m1/s1. The van der Waals surface area contributed by atoms with Crippen LogP contribution in [0, 0.1) is 0 Å². The van der Waals surface area contributed by atoms with Gasteiger partial charge in [-0.15, -0.1) is 0 Å². The molecule has 0 amide bonds. The minimum Gasteiger partial charge on any atom is -0.374 e. The van der Waals surface area contributed by atoms with Gasteiger partial charge in [-0.2, -0.15) is 0 Å². The molecule has 0 aliphatic carbocycles. The van der Waals surface area contributed by atoms with Gasteiger partial charge in [0.1, 0.15) is 0 Å². The van der Waals surface area contributed by atoms with Gasteiger partial charge in [0.05, 0.1) is 12.2 Å². The van der Waals surface area contributed by atoms with E-state index in [-0.39, 0.29) is 11.6 Å². The lowest BCUT2D eigenvalue weighted by molar-refractivity contribution is -0.0507. The molecule has 0 rings (SSSR count). The van der Waals surface area contributed by atoms with E-state index in [1.165, 1.54) is 0 Å². The zero-order valence-corrected chi connectivity index (χ0v) is 11.7. The summed E-state index contributed by atoms with van der Waals surface area (Å²) in [4.78, 5) is 0. The van der Waals surface area contributed by atoms with Crippen molar-refractivity contribution < 1.29 is 4.74 Å². The van der Waals surface area contributed by atoms with Crippen molar-refractivity contribution >= 4 is 0 Å². The first kappa shape index (κ1) is 15.9. The molecule has 98 valence electrons. The minimum absolute atomic E-state index is 0.0731. The van der Waals surface area contributed by atoms with Gasteiger partial charge in [0.2, 0.25) is 0 Å². The Morgan fingerprint density at radius 2 is 1.94 bits per heavy atom. The van der Waals surface area contributed by atoms with E-state index in [0.29, 0.717) is 6.04 Å². The number of ether oxygens (including phenoxy) is 1. The fourth-order valence-corrected chi connectivity index (χ4v) is 1.76. The van der Waals surface area contributed by atoms with Crippen molar-refractivity contribution in [2.75, 3.05) is 13.2 Å². The SMILES string of the molecule is CCCNC(C)CO[C@](C)(CC)CC(C)N. The van der Waals surface area contributed by atoms with Crippen molar-refractivity contribution in [3.05, 3.63) is 0 Å². The second-order valence-electron chi connectivity index (χ2n) is 5.15. The predicted octanol–water partition coefficient (Wildman–Crippen LogP) is 2.30. The third kappa shape index (κ3) is 7.20. The number of nitrogens with two attached hydrogens (primary N) is 1. The number of hydrogen-bond acceptors (Lipinski definition) is 3. The van der Waals surface area contributed by atoms with Crippen LogP contribution < -0.4 is 11.1 Å². The number of hydrogen-bond donors (Lipinski definition) is 2. The number of nitrogens with one attached hydrogen (secondary N) is 1. The van der Waals surface area contributed by atoms with E-state index >= 15 is 0 Å². The van der Waals surface area contributed by atoms with E-state index in [1.807, 2.05) is 6.92 Å². The van der Waals surface area contributed by atoms with Crippen LogP contribution in [-0.4, -0.2) is 30.8 Å². The van der Waals surface area contributed by atoms with Crippen molar-refractivity contribution in [2.45, 2.75) is 71.6 Å². The maximum atomic E-state index is 6.01. The van der Waals surface area contributed by atoms with Gasteiger partial charge in [-0.25, -0.2) is 0 Å². The highest BCUT2D eigenvalue weighted by molar-refractivity contribution is 4.78. The van der Waals surface area contributed by atoms with Crippen LogP contribution in [0.4, 0.5) is 0 Å². The maximum absolute atomic E-state index is 6.01. The van der Waals surface area contributed by atoms with Gasteiger partial charge in [0.15, 0.2) is 0 Å². The van der Waals surface area contributed by atoms with E-state index in [0.717, 1.165) is 32.4 Å². The molecule has 3 heteroatoms. The summed E-state index contributed by atoms with van der Waals surface area (Å²) < 4.78 is 6.01. The van der Waals surface area contributed by atoms with Crippen molar-refractivity contribution in [1.29, 1.82) is 0 Å². The van der Waals surface area contributed by atoms with Crippen LogP contribution in [0.15, 0.2) is 0 Å². The average molecular weight is 230 g/mol. The van der Waals surface area contributed by atoms with Crippen molar-refractivity contribution in [3.8, 4) is 0 Å². The molecule has 0 aromatic heterocycles.